The lowest BCUT2D eigenvalue weighted by molar-refractivity contribution is 0.0782. The van der Waals surface area contributed by atoms with Gasteiger partial charge in [0.15, 0.2) is 0 Å². The molecule has 0 radical (unpaired) electrons. The smallest absolute Gasteiger partial charge is 0.130 e. The van der Waals surface area contributed by atoms with Crippen LogP contribution in [0.5, 0.6) is 5.75 Å². The topological polar surface area (TPSA) is 60.2 Å². The first-order valence-electron chi connectivity index (χ1n) is 13.6. The van der Waals surface area contributed by atoms with E-state index in [0.29, 0.717) is 19.1 Å². The molecule has 5 rings (SSSR count). The molecule has 2 aromatic carbocycles. The van der Waals surface area contributed by atoms with Crippen LogP contribution in [0.25, 0.3) is 10.9 Å². The van der Waals surface area contributed by atoms with E-state index >= 15 is 0 Å². The first-order valence-corrected chi connectivity index (χ1v) is 13.6. The Balaban J connectivity index is 1.47. The Morgan fingerprint density at radius 2 is 1.54 bits per heavy atom. The molecule has 0 aliphatic carbocycles. The summed E-state index contributed by atoms with van der Waals surface area (Å²) in [7, 11) is 0. The SMILES string of the molecule is CC(C)C(C)(c1ccc(OCc2ccccn2)cc1)c1cn(Cc2ccc(C(C)(C)O)cn2)c2ccccc12. The van der Waals surface area contributed by atoms with Crippen molar-refractivity contribution < 1.29 is 9.84 Å². The summed E-state index contributed by atoms with van der Waals surface area (Å²) in [6.07, 6.45) is 5.85. The molecule has 3 aromatic heterocycles. The highest BCUT2D eigenvalue weighted by Crippen LogP contribution is 2.43. The Kier molecular flexibility index (Phi) is 7.28. The highest BCUT2D eigenvalue weighted by molar-refractivity contribution is 5.86. The maximum absolute atomic E-state index is 10.3. The zero-order valence-electron chi connectivity index (χ0n) is 23.4. The van der Waals surface area contributed by atoms with E-state index in [4.69, 9.17) is 4.74 Å². The summed E-state index contributed by atoms with van der Waals surface area (Å²) in [5.41, 5.74) is 5.27. The van der Waals surface area contributed by atoms with E-state index in [-0.39, 0.29) is 5.41 Å². The van der Waals surface area contributed by atoms with Gasteiger partial charge in [0.25, 0.3) is 0 Å². The number of para-hydroxylation sites is 1. The van der Waals surface area contributed by atoms with Gasteiger partial charge in [-0.1, -0.05) is 63.2 Å². The third kappa shape index (κ3) is 5.45. The zero-order valence-corrected chi connectivity index (χ0v) is 23.4. The van der Waals surface area contributed by atoms with Crippen molar-refractivity contribution in [3.8, 4) is 5.75 Å². The third-order valence-electron chi connectivity index (χ3n) is 7.93. The van der Waals surface area contributed by atoms with Gasteiger partial charge in [0.2, 0.25) is 0 Å². The second-order valence-electron chi connectivity index (χ2n) is 11.3. The van der Waals surface area contributed by atoms with Crippen LogP contribution >= 0.6 is 0 Å². The fraction of sp³-hybridized carbons (Fsp3) is 0.294. The lowest BCUT2D eigenvalue weighted by Crippen LogP contribution is -2.30. The van der Waals surface area contributed by atoms with Crippen molar-refractivity contribution in [1.82, 2.24) is 14.5 Å². The molecule has 0 bridgehead atoms. The number of nitrogens with zero attached hydrogens (tertiary/aromatic N) is 3. The third-order valence-corrected chi connectivity index (χ3v) is 7.93. The molecule has 5 nitrogen and oxygen atoms in total. The first kappa shape index (κ1) is 26.6. The van der Waals surface area contributed by atoms with Gasteiger partial charge in [-0.05, 0) is 67.3 Å². The van der Waals surface area contributed by atoms with Crippen molar-refractivity contribution in [1.29, 1.82) is 0 Å². The quantitative estimate of drug-likeness (QED) is 0.223. The van der Waals surface area contributed by atoms with Gasteiger partial charge in [0.05, 0.1) is 23.5 Å². The molecule has 1 atom stereocenters. The van der Waals surface area contributed by atoms with Crippen LogP contribution in [0, 0.1) is 5.92 Å². The van der Waals surface area contributed by atoms with Gasteiger partial charge in [-0.2, -0.15) is 0 Å². The van der Waals surface area contributed by atoms with Gasteiger partial charge in [-0.15, -0.1) is 0 Å². The molecule has 3 heterocycles. The summed E-state index contributed by atoms with van der Waals surface area (Å²) in [4.78, 5) is 9.01. The van der Waals surface area contributed by atoms with E-state index < -0.39 is 5.60 Å². The van der Waals surface area contributed by atoms with Crippen LogP contribution in [0.3, 0.4) is 0 Å². The van der Waals surface area contributed by atoms with Gasteiger partial charge in [0, 0.05) is 40.5 Å². The monoisotopic (exact) mass is 519 g/mol. The van der Waals surface area contributed by atoms with Gasteiger partial charge in [-0.25, -0.2) is 0 Å². The molecule has 0 fully saturated rings. The molecule has 0 saturated heterocycles. The summed E-state index contributed by atoms with van der Waals surface area (Å²) < 4.78 is 8.30. The number of rotatable bonds is 9. The van der Waals surface area contributed by atoms with E-state index in [9.17, 15) is 5.11 Å². The molecule has 0 aliphatic rings. The molecule has 39 heavy (non-hydrogen) atoms. The molecule has 0 amide bonds. The number of aliphatic hydroxyl groups is 1. The summed E-state index contributed by atoms with van der Waals surface area (Å²) in [6, 6.07) is 26.9. The molecule has 5 heteroatoms. The molecule has 0 saturated carbocycles. The van der Waals surface area contributed by atoms with E-state index in [2.05, 4.69) is 90.0 Å². The standard InChI is InChI=1S/C34H37N3O2/c1-24(2)34(5,25-14-17-29(18-15-25)39-23-28-10-8-9-19-35-28)31-22-37(32-12-7-6-11-30(31)32)21-27-16-13-26(20-36-27)33(3,4)38/h6-20,22,24,38H,21,23H2,1-5H3. The Labute approximate surface area is 231 Å². The average molecular weight is 520 g/mol. The molecule has 1 N–H and O–H groups in total. The lowest BCUT2D eigenvalue weighted by Gasteiger charge is -2.35. The van der Waals surface area contributed by atoms with Crippen LogP contribution in [-0.4, -0.2) is 19.6 Å². The van der Waals surface area contributed by atoms with Crippen molar-refractivity contribution in [2.75, 3.05) is 0 Å². The molecule has 5 aromatic rings. The van der Waals surface area contributed by atoms with Crippen molar-refractivity contribution in [3.05, 3.63) is 126 Å². The Hall–Kier alpha value is -3.96. The highest BCUT2D eigenvalue weighted by atomic mass is 16.5. The predicted octanol–water partition coefficient (Wildman–Crippen LogP) is 7.25. The summed E-state index contributed by atoms with van der Waals surface area (Å²) in [5, 5.41) is 11.6. The summed E-state index contributed by atoms with van der Waals surface area (Å²) in [6.45, 7) is 11.6. The van der Waals surface area contributed by atoms with Crippen molar-refractivity contribution in [3.63, 3.8) is 0 Å². The van der Waals surface area contributed by atoms with E-state index in [1.165, 1.54) is 22.0 Å². The van der Waals surface area contributed by atoms with Crippen LogP contribution < -0.4 is 4.74 Å². The number of pyridine rings is 2. The van der Waals surface area contributed by atoms with Crippen LogP contribution in [0.15, 0.2) is 97.5 Å². The fourth-order valence-electron chi connectivity index (χ4n) is 5.18. The largest absolute Gasteiger partial charge is 0.487 e. The minimum absolute atomic E-state index is 0.220. The van der Waals surface area contributed by atoms with E-state index in [1.807, 2.05) is 30.3 Å². The zero-order chi connectivity index (χ0) is 27.6. The van der Waals surface area contributed by atoms with Gasteiger partial charge in [0.1, 0.15) is 12.4 Å². The maximum atomic E-state index is 10.3. The normalized spacial score (nSPS) is 13.5. The molecular weight excluding hydrogens is 482 g/mol. The highest BCUT2D eigenvalue weighted by Gasteiger charge is 2.35. The first-order chi connectivity index (χ1) is 18.7. The number of ether oxygens (including phenoxy) is 1. The summed E-state index contributed by atoms with van der Waals surface area (Å²) in [5.74, 6) is 1.18. The maximum Gasteiger partial charge on any atom is 0.130 e. The summed E-state index contributed by atoms with van der Waals surface area (Å²) >= 11 is 0. The Morgan fingerprint density at radius 1 is 0.821 bits per heavy atom. The van der Waals surface area contributed by atoms with Gasteiger partial charge >= 0.3 is 0 Å². The van der Waals surface area contributed by atoms with E-state index in [1.54, 1.807) is 26.2 Å². The number of fused-ring (bicyclic) bond motifs is 1. The predicted molar refractivity (Wildman–Crippen MR) is 157 cm³/mol. The number of hydrogen-bond donors (Lipinski definition) is 1. The van der Waals surface area contributed by atoms with Crippen LogP contribution in [0.1, 0.15) is 62.7 Å². The average Bonchev–Trinajstić information content (AvgIpc) is 3.30. The van der Waals surface area contributed by atoms with Gasteiger partial charge in [-0.3, -0.25) is 9.97 Å². The molecular formula is C34H37N3O2. The van der Waals surface area contributed by atoms with Crippen LogP contribution in [-0.2, 0) is 24.2 Å². The van der Waals surface area contributed by atoms with E-state index in [0.717, 1.165) is 22.7 Å². The minimum Gasteiger partial charge on any atom is -0.487 e. The Bertz CT molecular complexity index is 1530. The minimum atomic E-state index is -0.906. The molecule has 0 aliphatic heterocycles. The molecule has 1 unspecified atom stereocenters. The van der Waals surface area contributed by atoms with Crippen LogP contribution in [0.2, 0.25) is 0 Å². The van der Waals surface area contributed by atoms with Crippen molar-refractivity contribution in [2.45, 2.75) is 58.8 Å². The second-order valence-corrected chi connectivity index (χ2v) is 11.3. The molecule has 200 valence electrons. The lowest BCUT2D eigenvalue weighted by atomic mass is 9.68. The van der Waals surface area contributed by atoms with Crippen LogP contribution in [0.4, 0.5) is 0 Å². The number of benzene rings is 2. The number of aromatic nitrogens is 3. The number of hydrogen-bond acceptors (Lipinski definition) is 4. The van der Waals surface area contributed by atoms with Crippen molar-refractivity contribution >= 4 is 10.9 Å². The van der Waals surface area contributed by atoms with Gasteiger partial charge < -0.3 is 14.4 Å². The van der Waals surface area contributed by atoms with Crippen molar-refractivity contribution in [2.24, 2.45) is 5.92 Å². The fourth-order valence-corrected chi connectivity index (χ4v) is 5.18. The Morgan fingerprint density at radius 3 is 2.18 bits per heavy atom. The second kappa shape index (κ2) is 10.7. The molecule has 0 spiro atoms.